The number of carbonyl (C=O) groups excluding carboxylic acids is 1. The van der Waals surface area contributed by atoms with Crippen molar-refractivity contribution in [3.63, 3.8) is 0 Å². The van der Waals surface area contributed by atoms with Crippen LogP contribution in [0.3, 0.4) is 0 Å². The van der Waals surface area contributed by atoms with Gasteiger partial charge < -0.3 is 9.80 Å². The molecular formula is C19H21ClN2OS. The summed E-state index contributed by atoms with van der Waals surface area (Å²) in [6.07, 6.45) is 0.557. The van der Waals surface area contributed by atoms with Crippen molar-refractivity contribution in [1.29, 1.82) is 0 Å². The van der Waals surface area contributed by atoms with Crippen molar-refractivity contribution >= 4 is 35.0 Å². The highest BCUT2D eigenvalue weighted by Gasteiger charge is 2.20. The summed E-state index contributed by atoms with van der Waals surface area (Å²) in [5.41, 5.74) is 1.24. The molecule has 1 aliphatic rings. The van der Waals surface area contributed by atoms with Gasteiger partial charge in [0, 0.05) is 48.9 Å². The van der Waals surface area contributed by atoms with E-state index in [1.165, 1.54) is 5.69 Å². The van der Waals surface area contributed by atoms with Gasteiger partial charge in [-0.2, -0.15) is 0 Å². The third-order valence-corrected chi connectivity index (χ3v) is 5.68. The number of thioether (sulfide) groups is 1. The summed E-state index contributed by atoms with van der Waals surface area (Å²) in [6, 6.07) is 18.2. The van der Waals surface area contributed by atoms with Gasteiger partial charge in [0.25, 0.3) is 0 Å². The van der Waals surface area contributed by atoms with E-state index in [4.69, 9.17) is 11.6 Å². The van der Waals surface area contributed by atoms with Crippen molar-refractivity contribution in [1.82, 2.24) is 4.90 Å². The van der Waals surface area contributed by atoms with Crippen LogP contribution >= 0.6 is 23.4 Å². The maximum atomic E-state index is 12.4. The lowest BCUT2D eigenvalue weighted by Crippen LogP contribution is -2.48. The Balaban J connectivity index is 1.43. The molecule has 1 aliphatic heterocycles. The first-order valence-corrected chi connectivity index (χ1v) is 9.55. The normalized spacial score (nSPS) is 14.7. The van der Waals surface area contributed by atoms with Gasteiger partial charge in [-0.15, -0.1) is 11.8 Å². The van der Waals surface area contributed by atoms with E-state index in [1.807, 2.05) is 35.2 Å². The number of anilines is 1. The van der Waals surface area contributed by atoms with Crippen LogP contribution in [0.4, 0.5) is 5.69 Å². The molecule has 126 valence electrons. The number of carbonyl (C=O) groups is 1. The molecule has 0 aliphatic carbocycles. The zero-order chi connectivity index (χ0) is 16.8. The van der Waals surface area contributed by atoms with E-state index < -0.39 is 0 Å². The SMILES string of the molecule is O=C(CCSc1ccccc1Cl)N1CCN(c2ccccc2)CC1. The lowest BCUT2D eigenvalue weighted by molar-refractivity contribution is -0.131. The second-order valence-corrected chi connectivity index (χ2v) is 7.28. The Morgan fingerprint density at radius 3 is 2.33 bits per heavy atom. The average molecular weight is 361 g/mol. The molecular weight excluding hydrogens is 340 g/mol. The van der Waals surface area contributed by atoms with Gasteiger partial charge in [-0.25, -0.2) is 0 Å². The van der Waals surface area contributed by atoms with E-state index in [9.17, 15) is 4.79 Å². The molecule has 24 heavy (non-hydrogen) atoms. The lowest BCUT2D eigenvalue weighted by atomic mass is 10.2. The Labute approximate surface area is 152 Å². The van der Waals surface area contributed by atoms with Crippen molar-refractivity contribution in [3.8, 4) is 0 Å². The summed E-state index contributed by atoms with van der Waals surface area (Å²) >= 11 is 7.79. The predicted octanol–water partition coefficient (Wildman–Crippen LogP) is 4.17. The third kappa shape index (κ3) is 4.46. The summed E-state index contributed by atoms with van der Waals surface area (Å²) in [6.45, 7) is 3.38. The molecule has 1 saturated heterocycles. The van der Waals surface area contributed by atoms with Crippen LogP contribution in [0.25, 0.3) is 0 Å². The largest absolute Gasteiger partial charge is 0.368 e. The minimum Gasteiger partial charge on any atom is -0.368 e. The second kappa shape index (κ2) is 8.45. The van der Waals surface area contributed by atoms with Crippen LogP contribution in [-0.4, -0.2) is 42.7 Å². The van der Waals surface area contributed by atoms with Crippen LogP contribution in [-0.2, 0) is 4.79 Å². The first kappa shape index (κ1) is 17.2. The number of para-hydroxylation sites is 1. The smallest absolute Gasteiger partial charge is 0.223 e. The minimum atomic E-state index is 0.238. The third-order valence-electron chi connectivity index (χ3n) is 4.16. The molecule has 1 amide bonds. The quantitative estimate of drug-likeness (QED) is 0.747. The molecule has 1 heterocycles. The highest BCUT2D eigenvalue weighted by molar-refractivity contribution is 7.99. The Kier molecular flexibility index (Phi) is 6.05. The molecule has 0 atom stereocenters. The highest BCUT2D eigenvalue weighted by Crippen LogP contribution is 2.27. The van der Waals surface area contributed by atoms with Crippen LogP contribution in [0.15, 0.2) is 59.5 Å². The molecule has 3 nitrogen and oxygen atoms in total. The zero-order valence-electron chi connectivity index (χ0n) is 13.5. The summed E-state index contributed by atoms with van der Waals surface area (Å²) in [5.74, 6) is 1.00. The number of hydrogen-bond donors (Lipinski definition) is 0. The van der Waals surface area contributed by atoms with Gasteiger partial charge in [0.1, 0.15) is 0 Å². The van der Waals surface area contributed by atoms with Gasteiger partial charge >= 0.3 is 0 Å². The van der Waals surface area contributed by atoms with Crippen LogP contribution in [0, 0.1) is 0 Å². The van der Waals surface area contributed by atoms with Crippen molar-refractivity contribution in [3.05, 3.63) is 59.6 Å². The maximum absolute atomic E-state index is 12.4. The Morgan fingerprint density at radius 2 is 1.62 bits per heavy atom. The van der Waals surface area contributed by atoms with Crippen molar-refractivity contribution < 1.29 is 4.79 Å². The van der Waals surface area contributed by atoms with Crippen molar-refractivity contribution in [2.45, 2.75) is 11.3 Å². The summed E-state index contributed by atoms with van der Waals surface area (Å²) < 4.78 is 0. The van der Waals surface area contributed by atoms with E-state index in [0.29, 0.717) is 6.42 Å². The fraction of sp³-hybridized carbons (Fsp3) is 0.316. The Hall–Kier alpha value is -1.65. The second-order valence-electron chi connectivity index (χ2n) is 5.73. The highest BCUT2D eigenvalue weighted by atomic mass is 35.5. The monoisotopic (exact) mass is 360 g/mol. The number of amides is 1. The Morgan fingerprint density at radius 1 is 0.958 bits per heavy atom. The van der Waals surface area contributed by atoms with Gasteiger partial charge in [-0.05, 0) is 24.3 Å². The number of rotatable bonds is 5. The standard InChI is InChI=1S/C19H21ClN2OS/c20-17-8-4-5-9-18(17)24-15-10-19(23)22-13-11-21(12-14-22)16-6-2-1-3-7-16/h1-9H,10-15H2. The molecule has 1 fully saturated rings. The summed E-state index contributed by atoms with van der Waals surface area (Å²) in [4.78, 5) is 17.7. The van der Waals surface area contributed by atoms with Gasteiger partial charge in [-0.1, -0.05) is 41.9 Å². The van der Waals surface area contributed by atoms with E-state index in [1.54, 1.807) is 11.8 Å². The van der Waals surface area contributed by atoms with Crippen LogP contribution in [0.1, 0.15) is 6.42 Å². The Bertz CT molecular complexity index is 672. The molecule has 0 unspecified atom stereocenters. The van der Waals surface area contributed by atoms with Gasteiger partial charge in [0.2, 0.25) is 5.91 Å². The molecule has 0 spiro atoms. The van der Waals surface area contributed by atoms with E-state index in [2.05, 4.69) is 29.2 Å². The molecule has 5 heteroatoms. The number of piperazine rings is 1. The number of hydrogen-bond acceptors (Lipinski definition) is 3. The van der Waals surface area contributed by atoms with Gasteiger partial charge in [-0.3, -0.25) is 4.79 Å². The van der Waals surface area contributed by atoms with Crippen molar-refractivity contribution in [2.24, 2.45) is 0 Å². The number of halogens is 1. The molecule has 2 aromatic rings. The first-order valence-electron chi connectivity index (χ1n) is 8.19. The van der Waals surface area contributed by atoms with Crippen LogP contribution in [0.2, 0.25) is 5.02 Å². The molecule has 2 aromatic carbocycles. The minimum absolute atomic E-state index is 0.238. The van der Waals surface area contributed by atoms with Crippen LogP contribution in [0.5, 0.6) is 0 Å². The first-order chi connectivity index (χ1) is 11.7. The fourth-order valence-corrected chi connectivity index (χ4v) is 4.00. The van der Waals surface area contributed by atoms with Crippen LogP contribution < -0.4 is 4.90 Å². The maximum Gasteiger partial charge on any atom is 0.223 e. The van der Waals surface area contributed by atoms with E-state index in [-0.39, 0.29) is 5.91 Å². The number of benzene rings is 2. The molecule has 0 radical (unpaired) electrons. The topological polar surface area (TPSA) is 23.6 Å². The van der Waals surface area contributed by atoms with Gasteiger partial charge in [0.05, 0.1) is 5.02 Å². The number of nitrogens with zero attached hydrogens (tertiary/aromatic N) is 2. The average Bonchev–Trinajstić information content (AvgIpc) is 2.64. The molecule has 0 N–H and O–H groups in total. The fourth-order valence-electron chi connectivity index (χ4n) is 2.82. The van der Waals surface area contributed by atoms with Crippen molar-refractivity contribution in [2.75, 3.05) is 36.8 Å². The zero-order valence-corrected chi connectivity index (χ0v) is 15.1. The predicted molar refractivity (Wildman–Crippen MR) is 102 cm³/mol. The lowest BCUT2D eigenvalue weighted by Gasteiger charge is -2.36. The summed E-state index contributed by atoms with van der Waals surface area (Å²) in [5, 5.41) is 0.756. The van der Waals surface area contributed by atoms with E-state index >= 15 is 0 Å². The molecule has 0 saturated carbocycles. The van der Waals surface area contributed by atoms with Gasteiger partial charge in [0.15, 0.2) is 0 Å². The molecule has 0 bridgehead atoms. The molecule has 0 aromatic heterocycles. The molecule has 3 rings (SSSR count). The van der Waals surface area contributed by atoms with E-state index in [0.717, 1.165) is 41.8 Å². The summed E-state index contributed by atoms with van der Waals surface area (Å²) in [7, 11) is 0.